The standard InChI is InChI=1S/C15H21NO4/c1-4-20-14(17)11-16(15(18)12(2)19-3)10-13-8-6-5-7-9-13/h5-9,12H,4,10-11H2,1-3H3. The average molecular weight is 279 g/mol. The van der Waals surface area contributed by atoms with Crippen LogP contribution in [0.25, 0.3) is 0 Å². The Morgan fingerprint density at radius 1 is 1.25 bits per heavy atom. The number of carbonyl (C=O) groups is 2. The number of esters is 1. The van der Waals surface area contributed by atoms with E-state index in [1.807, 2.05) is 30.3 Å². The summed E-state index contributed by atoms with van der Waals surface area (Å²) in [5.41, 5.74) is 0.952. The van der Waals surface area contributed by atoms with Crippen LogP contribution in [0.3, 0.4) is 0 Å². The molecule has 0 spiro atoms. The smallest absolute Gasteiger partial charge is 0.325 e. The maximum absolute atomic E-state index is 12.2. The van der Waals surface area contributed by atoms with Crippen molar-refractivity contribution in [2.75, 3.05) is 20.3 Å². The van der Waals surface area contributed by atoms with E-state index in [1.54, 1.807) is 13.8 Å². The Morgan fingerprint density at radius 2 is 1.90 bits per heavy atom. The van der Waals surface area contributed by atoms with Gasteiger partial charge in [0.25, 0.3) is 5.91 Å². The number of amides is 1. The third-order valence-corrected chi connectivity index (χ3v) is 2.85. The first-order valence-electron chi connectivity index (χ1n) is 6.59. The highest BCUT2D eigenvalue weighted by atomic mass is 16.5. The minimum absolute atomic E-state index is 0.0741. The SMILES string of the molecule is CCOC(=O)CN(Cc1ccccc1)C(=O)C(C)OC. The number of nitrogens with zero attached hydrogens (tertiary/aromatic N) is 1. The van der Waals surface area contributed by atoms with Crippen LogP contribution in [0.1, 0.15) is 19.4 Å². The Morgan fingerprint density at radius 3 is 2.45 bits per heavy atom. The van der Waals surface area contributed by atoms with Crippen molar-refractivity contribution in [3.05, 3.63) is 35.9 Å². The Bertz CT molecular complexity index is 433. The summed E-state index contributed by atoms with van der Waals surface area (Å²) < 4.78 is 9.93. The van der Waals surface area contributed by atoms with Gasteiger partial charge >= 0.3 is 5.97 Å². The number of carbonyl (C=O) groups excluding carboxylic acids is 2. The second-order valence-corrected chi connectivity index (χ2v) is 4.36. The fourth-order valence-electron chi connectivity index (χ4n) is 1.74. The van der Waals surface area contributed by atoms with Crippen LogP contribution in [0.15, 0.2) is 30.3 Å². The summed E-state index contributed by atoms with van der Waals surface area (Å²) in [5, 5.41) is 0. The van der Waals surface area contributed by atoms with Crippen molar-refractivity contribution >= 4 is 11.9 Å². The molecule has 0 aliphatic rings. The van der Waals surface area contributed by atoms with Crippen LogP contribution in [0.2, 0.25) is 0 Å². The third-order valence-electron chi connectivity index (χ3n) is 2.85. The van der Waals surface area contributed by atoms with E-state index in [0.29, 0.717) is 13.2 Å². The molecule has 0 aliphatic heterocycles. The van der Waals surface area contributed by atoms with Crippen molar-refractivity contribution in [3.63, 3.8) is 0 Å². The molecule has 0 aliphatic carbocycles. The number of rotatable bonds is 7. The van der Waals surface area contributed by atoms with Crippen molar-refractivity contribution in [2.45, 2.75) is 26.5 Å². The van der Waals surface area contributed by atoms with Gasteiger partial charge in [0, 0.05) is 13.7 Å². The zero-order valence-corrected chi connectivity index (χ0v) is 12.2. The van der Waals surface area contributed by atoms with Crippen molar-refractivity contribution in [1.82, 2.24) is 4.90 Å². The molecule has 0 heterocycles. The first-order valence-corrected chi connectivity index (χ1v) is 6.59. The number of hydrogen-bond acceptors (Lipinski definition) is 4. The normalized spacial score (nSPS) is 11.8. The number of methoxy groups -OCH3 is 1. The zero-order chi connectivity index (χ0) is 15.0. The summed E-state index contributed by atoms with van der Waals surface area (Å²) in [6, 6.07) is 9.49. The predicted molar refractivity (Wildman–Crippen MR) is 75.0 cm³/mol. The maximum Gasteiger partial charge on any atom is 0.325 e. The number of ether oxygens (including phenoxy) is 2. The molecule has 0 bridgehead atoms. The van der Waals surface area contributed by atoms with Crippen LogP contribution >= 0.6 is 0 Å². The Hall–Kier alpha value is -1.88. The average Bonchev–Trinajstić information content (AvgIpc) is 2.46. The van der Waals surface area contributed by atoms with Gasteiger partial charge in [-0.15, -0.1) is 0 Å². The quantitative estimate of drug-likeness (QED) is 0.712. The first kappa shape index (κ1) is 16.2. The molecule has 1 unspecified atom stereocenters. The van der Waals surface area contributed by atoms with Gasteiger partial charge in [-0.25, -0.2) is 0 Å². The second kappa shape index (κ2) is 8.32. The largest absolute Gasteiger partial charge is 0.465 e. The third kappa shape index (κ3) is 5.01. The summed E-state index contributed by atoms with van der Waals surface area (Å²) >= 11 is 0. The van der Waals surface area contributed by atoms with Gasteiger partial charge in [-0.05, 0) is 19.4 Å². The molecule has 110 valence electrons. The minimum atomic E-state index is -0.590. The van der Waals surface area contributed by atoms with Gasteiger partial charge in [-0.3, -0.25) is 9.59 Å². The molecule has 20 heavy (non-hydrogen) atoms. The van der Waals surface area contributed by atoms with Crippen molar-refractivity contribution in [3.8, 4) is 0 Å². The van der Waals surface area contributed by atoms with Gasteiger partial charge in [0.15, 0.2) is 0 Å². The monoisotopic (exact) mass is 279 g/mol. The minimum Gasteiger partial charge on any atom is -0.465 e. The second-order valence-electron chi connectivity index (χ2n) is 4.36. The predicted octanol–water partition coefficient (Wildman–Crippen LogP) is 1.61. The Balaban J connectivity index is 2.78. The van der Waals surface area contributed by atoms with Crippen LogP contribution in [0.5, 0.6) is 0 Å². The van der Waals surface area contributed by atoms with E-state index < -0.39 is 12.1 Å². The van der Waals surface area contributed by atoms with Gasteiger partial charge in [-0.1, -0.05) is 30.3 Å². The lowest BCUT2D eigenvalue weighted by molar-refractivity contribution is -0.152. The molecule has 5 nitrogen and oxygen atoms in total. The van der Waals surface area contributed by atoms with Crippen LogP contribution in [-0.2, 0) is 25.6 Å². The highest BCUT2D eigenvalue weighted by molar-refractivity contribution is 5.84. The summed E-state index contributed by atoms with van der Waals surface area (Å²) in [7, 11) is 1.47. The first-order chi connectivity index (χ1) is 9.58. The lowest BCUT2D eigenvalue weighted by atomic mass is 10.2. The van der Waals surface area contributed by atoms with E-state index in [0.717, 1.165) is 5.56 Å². The number of benzene rings is 1. The van der Waals surface area contributed by atoms with Crippen LogP contribution < -0.4 is 0 Å². The summed E-state index contributed by atoms with van der Waals surface area (Å²) in [6.07, 6.45) is -0.590. The molecular formula is C15H21NO4. The van der Waals surface area contributed by atoms with Gasteiger partial charge in [0.1, 0.15) is 12.6 Å². The number of hydrogen-bond donors (Lipinski definition) is 0. The van der Waals surface area contributed by atoms with Crippen LogP contribution in [-0.4, -0.2) is 43.1 Å². The molecule has 1 amide bonds. The van der Waals surface area contributed by atoms with E-state index in [1.165, 1.54) is 12.0 Å². The molecular weight excluding hydrogens is 258 g/mol. The van der Waals surface area contributed by atoms with Crippen molar-refractivity contribution in [2.24, 2.45) is 0 Å². The molecule has 5 heteroatoms. The molecule has 0 aromatic heterocycles. The molecule has 1 atom stereocenters. The van der Waals surface area contributed by atoms with E-state index in [-0.39, 0.29) is 12.5 Å². The Labute approximate surface area is 119 Å². The van der Waals surface area contributed by atoms with Gasteiger partial charge in [0.2, 0.25) is 0 Å². The van der Waals surface area contributed by atoms with E-state index >= 15 is 0 Å². The van der Waals surface area contributed by atoms with Crippen molar-refractivity contribution in [1.29, 1.82) is 0 Å². The highest BCUT2D eigenvalue weighted by Gasteiger charge is 2.23. The molecule has 0 radical (unpaired) electrons. The molecule has 0 fully saturated rings. The Kier molecular flexibility index (Phi) is 6.73. The summed E-state index contributed by atoms with van der Waals surface area (Å²) in [6.45, 7) is 3.97. The van der Waals surface area contributed by atoms with Gasteiger partial charge in [-0.2, -0.15) is 0 Å². The molecule has 1 aromatic rings. The lowest BCUT2D eigenvalue weighted by Crippen LogP contribution is -2.41. The van der Waals surface area contributed by atoms with Crippen LogP contribution in [0.4, 0.5) is 0 Å². The van der Waals surface area contributed by atoms with Crippen molar-refractivity contribution < 1.29 is 19.1 Å². The van der Waals surface area contributed by atoms with E-state index in [9.17, 15) is 9.59 Å². The summed E-state index contributed by atoms with van der Waals surface area (Å²) in [4.78, 5) is 25.3. The van der Waals surface area contributed by atoms with Gasteiger partial charge < -0.3 is 14.4 Å². The molecule has 1 aromatic carbocycles. The van der Waals surface area contributed by atoms with Crippen LogP contribution in [0, 0.1) is 0 Å². The fourth-order valence-corrected chi connectivity index (χ4v) is 1.74. The molecule has 0 saturated heterocycles. The zero-order valence-electron chi connectivity index (χ0n) is 12.2. The maximum atomic E-state index is 12.2. The van der Waals surface area contributed by atoms with E-state index in [2.05, 4.69) is 0 Å². The molecule has 0 N–H and O–H groups in total. The van der Waals surface area contributed by atoms with Gasteiger partial charge in [0.05, 0.1) is 6.61 Å². The molecule has 0 saturated carbocycles. The fraction of sp³-hybridized carbons (Fsp3) is 0.467. The molecule has 1 rings (SSSR count). The lowest BCUT2D eigenvalue weighted by Gasteiger charge is -2.24. The summed E-state index contributed by atoms with van der Waals surface area (Å²) in [5.74, 6) is -0.649. The highest BCUT2D eigenvalue weighted by Crippen LogP contribution is 2.07. The van der Waals surface area contributed by atoms with E-state index in [4.69, 9.17) is 9.47 Å². The topological polar surface area (TPSA) is 55.8 Å².